The third kappa shape index (κ3) is 3.61. The minimum Gasteiger partial charge on any atom is -0.423 e. The maximum Gasteiger partial charge on any atom is 0.489 e. The summed E-state index contributed by atoms with van der Waals surface area (Å²) in [6, 6.07) is -0.846. The molecule has 2 amide bonds. The number of urea groups is 1. The molecule has 4 N–H and O–H groups in total. The average molecular weight is 432 g/mol. The van der Waals surface area contributed by atoms with Crippen LogP contribution >= 0.6 is 0 Å². The van der Waals surface area contributed by atoms with E-state index < -0.39 is 23.2 Å². The first-order valence-electron chi connectivity index (χ1n) is 10.1. The van der Waals surface area contributed by atoms with Crippen LogP contribution in [0.1, 0.15) is 55.0 Å². The van der Waals surface area contributed by atoms with Gasteiger partial charge in [0, 0.05) is 17.9 Å². The molecule has 0 atom stereocenters. The van der Waals surface area contributed by atoms with Gasteiger partial charge in [0.2, 0.25) is 0 Å². The van der Waals surface area contributed by atoms with Gasteiger partial charge < -0.3 is 15.4 Å². The van der Waals surface area contributed by atoms with Crippen LogP contribution in [-0.2, 0) is 35.7 Å². The standard InChI is InChI=1S/C19H25BN4O5S/c1-11(2)24-10-12(9-21-24)30(28,29)23-19(25)22-18-15-7-3-5-13(15)17(20(26)27)14-6-4-8-16(14)18/h9-11,26-27H,3-8H2,1-2H3,(H2,22,23,25). The van der Waals surface area contributed by atoms with Gasteiger partial charge >= 0.3 is 13.1 Å². The van der Waals surface area contributed by atoms with E-state index in [2.05, 4.69) is 15.1 Å². The molecular formula is C19H25BN4O5S. The molecule has 4 rings (SSSR count). The Morgan fingerprint density at radius 1 is 1.10 bits per heavy atom. The molecule has 1 aromatic carbocycles. The number of benzene rings is 1. The number of sulfonamides is 1. The van der Waals surface area contributed by atoms with Crippen molar-refractivity contribution in [3.63, 3.8) is 0 Å². The summed E-state index contributed by atoms with van der Waals surface area (Å²) in [4.78, 5) is 12.6. The lowest BCUT2D eigenvalue weighted by molar-refractivity contribution is 0.256. The maximum atomic E-state index is 12.6. The molecule has 0 spiro atoms. The highest BCUT2D eigenvalue weighted by atomic mass is 32.2. The van der Waals surface area contributed by atoms with Gasteiger partial charge in [-0.15, -0.1) is 0 Å². The van der Waals surface area contributed by atoms with Crippen molar-refractivity contribution < 1.29 is 23.3 Å². The number of anilines is 1. The quantitative estimate of drug-likeness (QED) is 0.513. The van der Waals surface area contributed by atoms with E-state index in [9.17, 15) is 23.3 Å². The van der Waals surface area contributed by atoms with Crippen molar-refractivity contribution in [2.45, 2.75) is 63.3 Å². The summed E-state index contributed by atoms with van der Waals surface area (Å²) in [6.45, 7) is 3.75. The predicted octanol–water partition coefficient (Wildman–Crippen LogP) is 0.632. The molecule has 160 valence electrons. The number of amides is 2. The van der Waals surface area contributed by atoms with Crippen molar-refractivity contribution in [2.24, 2.45) is 0 Å². The van der Waals surface area contributed by atoms with Crippen molar-refractivity contribution in [3.05, 3.63) is 34.6 Å². The molecule has 0 unspecified atom stereocenters. The van der Waals surface area contributed by atoms with Crippen LogP contribution < -0.4 is 15.5 Å². The van der Waals surface area contributed by atoms with Crippen LogP contribution in [0.5, 0.6) is 0 Å². The lowest BCUT2D eigenvalue weighted by atomic mass is 9.71. The highest BCUT2D eigenvalue weighted by molar-refractivity contribution is 7.90. The van der Waals surface area contributed by atoms with Gasteiger partial charge in [0.1, 0.15) is 4.90 Å². The molecule has 2 aliphatic rings. The van der Waals surface area contributed by atoms with E-state index in [4.69, 9.17) is 0 Å². The first kappa shape index (κ1) is 20.9. The number of hydrogen-bond donors (Lipinski definition) is 4. The van der Waals surface area contributed by atoms with Crippen LogP contribution in [0.3, 0.4) is 0 Å². The zero-order valence-electron chi connectivity index (χ0n) is 17.0. The molecule has 0 bridgehead atoms. The van der Waals surface area contributed by atoms with Gasteiger partial charge in [0.25, 0.3) is 10.0 Å². The minimum atomic E-state index is -4.07. The topological polar surface area (TPSA) is 134 Å². The largest absolute Gasteiger partial charge is 0.489 e. The van der Waals surface area contributed by atoms with E-state index in [1.54, 1.807) is 0 Å². The van der Waals surface area contributed by atoms with Crippen LogP contribution in [-0.4, -0.2) is 41.4 Å². The monoisotopic (exact) mass is 432 g/mol. The number of hydrogen-bond acceptors (Lipinski definition) is 6. The Balaban J connectivity index is 1.63. The van der Waals surface area contributed by atoms with E-state index in [1.165, 1.54) is 17.1 Å². The summed E-state index contributed by atoms with van der Waals surface area (Å²) >= 11 is 0. The summed E-state index contributed by atoms with van der Waals surface area (Å²) < 4.78 is 28.7. The molecule has 1 aromatic heterocycles. The van der Waals surface area contributed by atoms with Crippen molar-refractivity contribution in [1.82, 2.24) is 14.5 Å². The van der Waals surface area contributed by atoms with E-state index in [-0.39, 0.29) is 10.9 Å². The molecule has 0 saturated heterocycles. The molecule has 9 nitrogen and oxygen atoms in total. The van der Waals surface area contributed by atoms with Crippen LogP contribution in [0.25, 0.3) is 0 Å². The van der Waals surface area contributed by atoms with Gasteiger partial charge in [0.05, 0.1) is 6.20 Å². The normalized spacial score (nSPS) is 15.2. The van der Waals surface area contributed by atoms with Gasteiger partial charge in [-0.3, -0.25) is 4.68 Å². The third-order valence-corrected chi connectivity index (χ3v) is 7.12. The number of fused-ring (bicyclic) bond motifs is 2. The molecule has 2 aliphatic carbocycles. The van der Waals surface area contributed by atoms with E-state index in [0.717, 1.165) is 35.1 Å². The Morgan fingerprint density at radius 3 is 2.17 bits per heavy atom. The fraction of sp³-hybridized carbons (Fsp3) is 0.474. The average Bonchev–Trinajstić information content (AvgIpc) is 3.40. The zero-order chi connectivity index (χ0) is 21.6. The summed E-state index contributed by atoms with van der Waals surface area (Å²) in [5.41, 5.74) is 4.65. The number of aromatic nitrogens is 2. The fourth-order valence-electron chi connectivity index (χ4n) is 4.52. The number of nitrogens with one attached hydrogen (secondary N) is 2. The van der Waals surface area contributed by atoms with Crippen molar-refractivity contribution in [3.8, 4) is 0 Å². The van der Waals surface area contributed by atoms with Crippen molar-refractivity contribution in [1.29, 1.82) is 0 Å². The predicted molar refractivity (Wildman–Crippen MR) is 112 cm³/mol. The molecule has 1 heterocycles. The second-order valence-electron chi connectivity index (χ2n) is 8.09. The van der Waals surface area contributed by atoms with Gasteiger partial charge in [0.15, 0.2) is 0 Å². The van der Waals surface area contributed by atoms with Crippen LogP contribution in [0.2, 0.25) is 0 Å². The summed E-state index contributed by atoms with van der Waals surface area (Å²) in [7, 11) is -5.62. The molecule has 0 aliphatic heterocycles. The smallest absolute Gasteiger partial charge is 0.423 e. The van der Waals surface area contributed by atoms with E-state index >= 15 is 0 Å². The number of carbonyl (C=O) groups excluding carboxylic acids is 1. The van der Waals surface area contributed by atoms with Crippen molar-refractivity contribution in [2.75, 3.05) is 5.32 Å². The summed E-state index contributed by atoms with van der Waals surface area (Å²) in [5.74, 6) is 0. The molecule has 0 radical (unpaired) electrons. The maximum absolute atomic E-state index is 12.6. The Labute approximate surface area is 175 Å². The van der Waals surface area contributed by atoms with Crippen LogP contribution in [0, 0.1) is 0 Å². The first-order chi connectivity index (χ1) is 14.2. The SMILES string of the molecule is CC(C)n1cc(S(=O)(=O)NC(=O)Nc2c3c(c(B(O)O)c4c2CCC4)CCC3)cn1. The number of nitrogens with zero attached hydrogens (tertiary/aromatic N) is 2. The number of rotatable bonds is 5. The summed E-state index contributed by atoms with van der Waals surface area (Å²) in [6.07, 6.45) is 7.10. The van der Waals surface area contributed by atoms with Gasteiger partial charge in [-0.1, -0.05) is 0 Å². The Hall–Kier alpha value is -2.37. The Kier molecular flexibility index (Phi) is 5.37. The summed E-state index contributed by atoms with van der Waals surface area (Å²) in [5, 5.41) is 26.6. The zero-order valence-corrected chi connectivity index (χ0v) is 17.8. The van der Waals surface area contributed by atoms with Gasteiger partial charge in [-0.05, 0) is 80.1 Å². The highest BCUT2D eigenvalue weighted by Crippen LogP contribution is 2.37. The second kappa shape index (κ2) is 7.71. The van der Waals surface area contributed by atoms with Gasteiger partial charge in [-0.2, -0.15) is 5.10 Å². The van der Waals surface area contributed by atoms with Gasteiger partial charge in [-0.25, -0.2) is 17.9 Å². The molecule has 2 aromatic rings. The number of carbonyl (C=O) groups is 1. The Morgan fingerprint density at radius 2 is 1.67 bits per heavy atom. The highest BCUT2D eigenvalue weighted by Gasteiger charge is 2.33. The molecule has 11 heteroatoms. The lowest BCUT2D eigenvalue weighted by Gasteiger charge is -2.20. The molecule has 0 saturated carbocycles. The third-order valence-electron chi connectivity index (χ3n) is 5.83. The van der Waals surface area contributed by atoms with E-state index in [1.807, 2.05) is 13.8 Å². The second-order valence-corrected chi connectivity index (χ2v) is 9.78. The Bertz CT molecular complexity index is 1080. The first-order valence-corrected chi connectivity index (χ1v) is 11.6. The molecule has 0 fully saturated rings. The fourth-order valence-corrected chi connectivity index (χ4v) is 5.37. The minimum absolute atomic E-state index is 0.00616. The van der Waals surface area contributed by atoms with Crippen LogP contribution in [0.15, 0.2) is 17.3 Å². The van der Waals surface area contributed by atoms with E-state index in [0.29, 0.717) is 36.8 Å². The molecule has 30 heavy (non-hydrogen) atoms. The van der Waals surface area contributed by atoms with Crippen LogP contribution in [0.4, 0.5) is 10.5 Å². The van der Waals surface area contributed by atoms with Crippen molar-refractivity contribution >= 4 is 34.3 Å². The molecular weight excluding hydrogens is 407 g/mol. The lowest BCUT2D eigenvalue weighted by Crippen LogP contribution is -2.38.